The van der Waals surface area contributed by atoms with Gasteiger partial charge in [0.2, 0.25) is 0 Å². The first-order chi connectivity index (χ1) is 11.1. The van der Waals surface area contributed by atoms with Crippen molar-refractivity contribution >= 4 is 11.8 Å². The number of benzene rings is 1. The number of terminal acetylenes is 1. The van der Waals surface area contributed by atoms with Crippen LogP contribution in [0.3, 0.4) is 0 Å². The molecule has 1 aliphatic rings. The van der Waals surface area contributed by atoms with Crippen LogP contribution in [0.1, 0.15) is 38.2 Å². The van der Waals surface area contributed by atoms with Gasteiger partial charge in [0.05, 0.1) is 13.2 Å². The summed E-state index contributed by atoms with van der Waals surface area (Å²) in [5, 5.41) is 2.78. The zero-order chi connectivity index (χ0) is 16.7. The predicted octanol–water partition coefficient (Wildman–Crippen LogP) is 3.70. The van der Waals surface area contributed by atoms with Crippen LogP contribution in [-0.4, -0.2) is 37.2 Å². The normalized spacial score (nSPS) is 16.1. The van der Waals surface area contributed by atoms with E-state index >= 15 is 0 Å². The lowest BCUT2D eigenvalue weighted by atomic mass is 9.98. The lowest BCUT2D eigenvalue weighted by Crippen LogP contribution is -2.35. The standard InChI is InChI=1S/C19H26N2O2/c1-4-11-21-12-9-16(10-13-21)14-23-19(22)20-18-7-5-17(6-8-18)15(2)3/h1,5-8,15-16H,9-14H2,2-3H3,(H,20,22). The highest BCUT2D eigenvalue weighted by atomic mass is 16.5. The van der Waals surface area contributed by atoms with E-state index in [1.165, 1.54) is 5.56 Å². The van der Waals surface area contributed by atoms with Crippen molar-refractivity contribution in [2.45, 2.75) is 32.6 Å². The second-order valence-electron chi connectivity index (χ2n) is 6.42. The summed E-state index contributed by atoms with van der Waals surface area (Å²) >= 11 is 0. The van der Waals surface area contributed by atoms with Gasteiger partial charge < -0.3 is 4.74 Å². The predicted molar refractivity (Wildman–Crippen MR) is 93.5 cm³/mol. The molecule has 1 saturated heterocycles. The van der Waals surface area contributed by atoms with Gasteiger partial charge in [0, 0.05) is 5.69 Å². The highest BCUT2D eigenvalue weighted by Gasteiger charge is 2.19. The maximum absolute atomic E-state index is 11.9. The van der Waals surface area contributed by atoms with Gasteiger partial charge in [-0.15, -0.1) is 6.42 Å². The van der Waals surface area contributed by atoms with Crippen LogP contribution >= 0.6 is 0 Å². The van der Waals surface area contributed by atoms with Gasteiger partial charge in [0.15, 0.2) is 0 Å². The van der Waals surface area contributed by atoms with Gasteiger partial charge in [-0.3, -0.25) is 10.2 Å². The summed E-state index contributed by atoms with van der Waals surface area (Å²) < 4.78 is 5.35. The van der Waals surface area contributed by atoms with Gasteiger partial charge in [-0.1, -0.05) is 31.9 Å². The molecule has 0 spiro atoms. The number of hydrogen-bond donors (Lipinski definition) is 1. The molecule has 1 aromatic carbocycles. The minimum absolute atomic E-state index is 0.381. The fraction of sp³-hybridized carbons (Fsp3) is 0.526. The number of rotatable bonds is 5. The molecule has 4 nitrogen and oxygen atoms in total. The van der Waals surface area contributed by atoms with Crippen LogP contribution in [0.2, 0.25) is 0 Å². The van der Waals surface area contributed by atoms with Gasteiger partial charge in [0.25, 0.3) is 0 Å². The van der Waals surface area contributed by atoms with Crippen molar-refractivity contribution in [2.24, 2.45) is 5.92 Å². The van der Waals surface area contributed by atoms with Gasteiger partial charge in [0.1, 0.15) is 0 Å². The van der Waals surface area contributed by atoms with Crippen molar-refractivity contribution in [1.29, 1.82) is 0 Å². The average Bonchev–Trinajstić information content (AvgIpc) is 2.55. The lowest BCUT2D eigenvalue weighted by molar-refractivity contribution is 0.109. The van der Waals surface area contributed by atoms with E-state index < -0.39 is 0 Å². The molecule has 0 aliphatic carbocycles. The van der Waals surface area contributed by atoms with E-state index in [1.807, 2.05) is 24.3 Å². The molecule has 0 aromatic heterocycles. The molecule has 1 aromatic rings. The SMILES string of the molecule is C#CCN1CCC(COC(=O)Nc2ccc(C(C)C)cc2)CC1. The molecule has 1 fully saturated rings. The first kappa shape index (κ1) is 17.4. The summed E-state index contributed by atoms with van der Waals surface area (Å²) in [7, 11) is 0. The molecule has 1 amide bonds. The van der Waals surface area contributed by atoms with Gasteiger partial charge >= 0.3 is 6.09 Å². The molecule has 1 N–H and O–H groups in total. The van der Waals surface area contributed by atoms with E-state index in [-0.39, 0.29) is 6.09 Å². The molecule has 1 aliphatic heterocycles. The Morgan fingerprint density at radius 3 is 2.57 bits per heavy atom. The van der Waals surface area contributed by atoms with E-state index in [0.29, 0.717) is 25.0 Å². The van der Waals surface area contributed by atoms with Crippen LogP contribution in [0.25, 0.3) is 0 Å². The Bertz CT molecular complexity index is 537. The highest BCUT2D eigenvalue weighted by Crippen LogP contribution is 2.19. The van der Waals surface area contributed by atoms with E-state index in [0.717, 1.165) is 31.6 Å². The summed E-state index contributed by atoms with van der Waals surface area (Å²) in [6, 6.07) is 7.88. The molecule has 0 unspecified atom stereocenters. The number of carbonyl (C=O) groups excluding carboxylic acids is 1. The smallest absolute Gasteiger partial charge is 0.411 e. The number of nitrogens with zero attached hydrogens (tertiary/aromatic N) is 1. The van der Waals surface area contributed by atoms with Crippen molar-refractivity contribution in [1.82, 2.24) is 4.90 Å². The van der Waals surface area contributed by atoms with Crippen LogP contribution in [-0.2, 0) is 4.74 Å². The number of anilines is 1. The number of nitrogens with one attached hydrogen (secondary N) is 1. The summed E-state index contributed by atoms with van der Waals surface area (Å²) in [6.07, 6.45) is 6.99. The first-order valence-corrected chi connectivity index (χ1v) is 8.28. The average molecular weight is 314 g/mol. The molecule has 4 heteroatoms. The number of amides is 1. The Hall–Kier alpha value is -1.99. The summed E-state index contributed by atoms with van der Waals surface area (Å²) in [5.74, 6) is 3.58. The monoisotopic (exact) mass is 314 g/mol. The van der Waals surface area contributed by atoms with Gasteiger partial charge in [-0.05, 0) is 55.5 Å². The second-order valence-corrected chi connectivity index (χ2v) is 6.42. The minimum atomic E-state index is -0.381. The molecule has 2 rings (SSSR count). The third-order valence-corrected chi connectivity index (χ3v) is 4.30. The van der Waals surface area contributed by atoms with Crippen LogP contribution in [0.15, 0.2) is 24.3 Å². The quantitative estimate of drug-likeness (QED) is 0.843. The molecule has 0 bridgehead atoms. The largest absolute Gasteiger partial charge is 0.449 e. The van der Waals surface area contributed by atoms with Gasteiger partial charge in [-0.2, -0.15) is 0 Å². The Morgan fingerprint density at radius 2 is 2.00 bits per heavy atom. The Labute approximate surface area is 139 Å². The van der Waals surface area contributed by atoms with E-state index in [9.17, 15) is 4.79 Å². The van der Waals surface area contributed by atoms with E-state index in [1.54, 1.807) is 0 Å². The molecule has 0 saturated carbocycles. The van der Waals surface area contributed by atoms with Crippen LogP contribution in [0.4, 0.5) is 10.5 Å². The lowest BCUT2D eigenvalue weighted by Gasteiger charge is -2.30. The molecular weight excluding hydrogens is 288 g/mol. The summed E-state index contributed by atoms with van der Waals surface area (Å²) in [6.45, 7) is 7.43. The third-order valence-electron chi connectivity index (χ3n) is 4.30. The number of hydrogen-bond acceptors (Lipinski definition) is 3. The van der Waals surface area contributed by atoms with E-state index in [2.05, 4.69) is 30.0 Å². The van der Waals surface area contributed by atoms with Crippen LogP contribution in [0.5, 0.6) is 0 Å². The fourth-order valence-electron chi connectivity index (χ4n) is 2.74. The number of carbonyl (C=O) groups is 1. The van der Waals surface area contributed by atoms with Crippen molar-refractivity contribution < 1.29 is 9.53 Å². The highest BCUT2D eigenvalue weighted by molar-refractivity contribution is 5.84. The number of piperidine rings is 1. The molecule has 1 heterocycles. The minimum Gasteiger partial charge on any atom is -0.449 e. The topological polar surface area (TPSA) is 41.6 Å². The second kappa shape index (κ2) is 8.59. The van der Waals surface area contributed by atoms with Crippen LogP contribution in [0, 0.1) is 18.3 Å². The maximum Gasteiger partial charge on any atom is 0.411 e. The Morgan fingerprint density at radius 1 is 1.35 bits per heavy atom. The zero-order valence-electron chi connectivity index (χ0n) is 14.0. The van der Waals surface area contributed by atoms with Crippen molar-refractivity contribution in [3.05, 3.63) is 29.8 Å². The van der Waals surface area contributed by atoms with Gasteiger partial charge in [-0.25, -0.2) is 4.79 Å². The third kappa shape index (κ3) is 5.61. The molecule has 23 heavy (non-hydrogen) atoms. The summed E-state index contributed by atoms with van der Waals surface area (Å²) in [4.78, 5) is 14.1. The molecular formula is C19H26N2O2. The fourth-order valence-corrected chi connectivity index (χ4v) is 2.74. The molecule has 0 radical (unpaired) electrons. The maximum atomic E-state index is 11.9. The number of likely N-dealkylation sites (tertiary alicyclic amines) is 1. The van der Waals surface area contributed by atoms with Crippen molar-refractivity contribution in [3.63, 3.8) is 0 Å². The van der Waals surface area contributed by atoms with Crippen LogP contribution < -0.4 is 5.32 Å². The number of ether oxygens (including phenoxy) is 1. The Balaban J connectivity index is 1.70. The summed E-state index contributed by atoms with van der Waals surface area (Å²) in [5.41, 5.74) is 2.02. The van der Waals surface area contributed by atoms with Crippen molar-refractivity contribution in [3.8, 4) is 12.3 Å². The molecule has 124 valence electrons. The van der Waals surface area contributed by atoms with E-state index in [4.69, 9.17) is 11.2 Å². The molecule has 0 atom stereocenters. The zero-order valence-corrected chi connectivity index (χ0v) is 14.0. The first-order valence-electron chi connectivity index (χ1n) is 8.28. The Kier molecular flexibility index (Phi) is 6.49. The van der Waals surface area contributed by atoms with Crippen molar-refractivity contribution in [2.75, 3.05) is 31.6 Å².